The van der Waals surface area contributed by atoms with Crippen LogP contribution in [-0.2, 0) is 9.59 Å². The van der Waals surface area contributed by atoms with Crippen molar-refractivity contribution >= 4 is 11.9 Å². The van der Waals surface area contributed by atoms with E-state index in [0.29, 0.717) is 25.2 Å². The number of carbonyl (C=O) groups is 2. The highest BCUT2D eigenvalue weighted by atomic mass is 16.4. The highest BCUT2D eigenvalue weighted by Gasteiger charge is 2.40. The average Bonchev–Trinajstić information content (AvgIpc) is 2.54. The third-order valence-electron chi connectivity index (χ3n) is 3.79. The molecule has 5 nitrogen and oxygen atoms in total. The lowest BCUT2D eigenvalue weighted by molar-refractivity contribution is -0.148. The maximum absolute atomic E-state index is 12.1. The van der Waals surface area contributed by atoms with Crippen molar-refractivity contribution in [3.05, 3.63) is 0 Å². The maximum atomic E-state index is 12.1. The van der Waals surface area contributed by atoms with Crippen molar-refractivity contribution in [2.45, 2.75) is 70.4 Å². The van der Waals surface area contributed by atoms with Crippen LogP contribution in [0.15, 0.2) is 0 Å². The molecule has 1 fully saturated rings. The molecule has 1 amide bonds. The van der Waals surface area contributed by atoms with Gasteiger partial charge in [-0.2, -0.15) is 0 Å². The van der Waals surface area contributed by atoms with Crippen LogP contribution in [-0.4, -0.2) is 28.6 Å². The maximum Gasteiger partial charge on any atom is 0.329 e. The number of hydrogen-bond donors (Lipinski definition) is 3. The first-order valence-corrected chi connectivity index (χ1v) is 7.18. The minimum atomic E-state index is -1.11. The van der Waals surface area contributed by atoms with Crippen molar-refractivity contribution in [2.24, 2.45) is 11.7 Å². The molecule has 19 heavy (non-hydrogen) atoms. The van der Waals surface area contributed by atoms with Crippen molar-refractivity contribution in [3.8, 4) is 0 Å². The zero-order valence-corrected chi connectivity index (χ0v) is 11.9. The van der Waals surface area contributed by atoms with Crippen molar-refractivity contribution in [1.82, 2.24) is 5.32 Å². The quantitative estimate of drug-likeness (QED) is 0.662. The summed E-state index contributed by atoms with van der Waals surface area (Å²) in [6, 6.07) is -0.625. The molecule has 1 unspecified atom stereocenters. The van der Waals surface area contributed by atoms with Crippen molar-refractivity contribution in [2.75, 3.05) is 0 Å². The predicted molar refractivity (Wildman–Crippen MR) is 73.6 cm³/mol. The van der Waals surface area contributed by atoms with E-state index in [-0.39, 0.29) is 5.91 Å². The Labute approximate surface area is 114 Å². The molecule has 1 rings (SSSR count). The summed E-state index contributed by atoms with van der Waals surface area (Å²) >= 11 is 0. The van der Waals surface area contributed by atoms with Gasteiger partial charge in [-0.1, -0.05) is 39.5 Å². The Morgan fingerprint density at radius 1 is 1.21 bits per heavy atom. The van der Waals surface area contributed by atoms with Crippen LogP contribution in [0.3, 0.4) is 0 Å². The molecule has 4 N–H and O–H groups in total. The zero-order chi connectivity index (χ0) is 14.5. The van der Waals surface area contributed by atoms with Gasteiger partial charge in [0.25, 0.3) is 0 Å². The lowest BCUT2D eigenvalue weighted by atomic mass is 9.89. The largest absolute Gasteiger partial charge is 0.480 e. The SMILES string of the molecule is CC(C)CC(N)C(=O)NC1(C(=O)O)CCCCCC1. The number of rotatable bonds is 5. The fraction of sp³-hybridized carbons (Fsp3) is 0.857. The van der Waals surface area contributed by atoms with E-state index in [9.17, 15) is 14.7 Å². The van der Waals surface area contributed by atoms with E-state index in [1.165, 1.54) is 0 Å². The summed E-state index contributed by atoms with van der Waals surface area (Å²) in [4.78, 5) is 23.6. The Bertz CT molecular complexity index is 321. The van der Waals surface area contributed by atoms with Crippen LogP contribution >= 0.6 is 0 Å². The van der Waals surface area contributed by atoms with Gasteiger partial charge in [0.1, 0.15) is 5.54 Å². The topological polar surface area (TPSA) is 92.4 Å². The predicted octanol–water partition coefficient (Wildman–Crippen LogP) is 1.65. The number of nitrogens with one attached hydrogen (secondary N) is 1. The molecular formula is C14H26N2O3. The number of aliphatic carboxylic acids is 1. The molecule has 0 spiro atoms. The Morgan fingerprint density at radius 3 is 2.16 bits per heavy atom. The number of nitrogens with two attached hydrogens (primary N) is 1. The van der Waals surface area contributed by atoms with E-state index in [1.54, 1.807) is 0 Å². The van der Waals surface area contributed by atoms with Crippen LogP contribution in [0.1, 0.15) is 58.8 Å². The molecule has 5 heteroatoms. The van der Waals surface area contributed by atoms with Gasteiger partial charge in [0.05, 0.1) is 6.04 Å². The minimum Gasteiger partial charge on any atom is -0.480 e. The normalized spacial score (nSPS) is 20.6. The second-order valence-electron chi connectivity index (χ2n) is 6.03. The van der Waals surface area contributed by atoms with Crippen LogP contribution in [0.4, 0.5) is 0 Å². The fourth-order valence-electron chi connectivity index (χ4n) is 2.67. The van der Waals surface area contributed by atoms with Crippen LogP contribution in [0, 0.1) is 5.92 Å². The first kappa shape index (κ1) is 16.0. The zero-order valence-electron chi connectivity index (χ0n) is 11.9. The standard InChI is InChI=1S/C14H26N2O3/c1-10(2)9-11(15)12(17)16-14(13(18)19)7-5-3-4-6-8-14/h10-11H,3-9,15H2,1-2H3,(H,16,17)(H,18,19). The Hall–Kier alpha value is -1.10. The molecule has 0 saturated heterocycles. The van der Waals surface area contributed by atoms with E-state index < -0.39 is 17.6 Å². The summed E-state index contributed by atoms with van der Waals surface area (Å²) in [5.41, 5.74) is 4.72. The average molecular weight is 270 g/mol. The van der Waals surface area contributed by atoms with Gasteiger partial charge in [0, 0.05) is 0 Å². The van der Waals surface area contributed by atoms with Crippen molar-refractivity contribution in [3.63, 3.8) is 0 Å². The van der Waals surface area contributed by atoms with Gasteiger partial charge in [-0.15, -0.1) is 0 Å². The first-order valence-electron chi connectivity index (χ1n) is 7.18. The first-order chi connectivity index (χ1) is 8.87. The van der Waals surface area contributed by atoms with E-state index in [4.69, 9.17) is 5.73 Å². The molecule has 1 aliphatic rings. The van der Waals surface area contributed by atoms with E-state index in [2.05, 4.69) is 5.32 Å². The van der Waals surface area contributed by atoms with Gasteiger partial charge in [-0.05, 0) is 25.2 Å². The highest BCUT2D eigenvalue weighted by molar-refractivity contribution is 5.89. The Morgan fingerprint density at radius 2 is 1.74 bits per heavy atom. The molecule has 0 aromatic rings. The fourth-order valence-corrected chi connectivity index (χ4v) is 2.67. The van der Waals surface area contributed by atoms with Crippen LogP contribution in [0.5, 0.6) is 0 Å². The van der Waals surface area contributed by atoms with Gasteiger partial charge < -0.3 is 16.2 Å². The smallest absolute Gasteiger partial charge is 0.329 e. The van der Waals surface area contributed by atoms with Gasteiger partial charge >= 0.3 is 5.97 Å². The monoisotopic (exact) mass is 270 g/mol. The van der Waals surface area contributed by atoms with Crippen molar-refractivity contribution < 1.29 is 14.7 Å². The number of hydrogen-bond acceptors (Lipinski definition) is 3. The molecular weight excluding hydrogens is 244 g/mol. The molecule has 0 radical (unpaired) electrons. The van der Waals surface area contributed by atoms with Gasteiger partial charge in [0.2, 0.25) is 5.91 Å². The third kappa shape index (κ3) is 4.49. The molecule has 0 aliphatic heterocycles. The second-order valence-corrected chi connectivity index (χ2v) is 6.03. The highest BCUT2D eigenvalue weighted by Crippen LogP contribution is 2.27. The summed E-state index contributed by atoms with van der Waals surface area (Å²) in [6.45, 7) is 3.98. The summed E-state index contributed by atoms with van der Waals surface area (Å²) in [5, 5.41) is 12.2. The Kier molecular flexibility index (Phi) is 5.79. The molecule has 0 bridgehead atoms. The summed E-state index contributed by atoms with van der Waals surface area (Å²) in [5.74, 6) is -0.951. The van der Waals surface area contributed by atoms with Crippen LogP contribution < -0.4 is 11.1 Å². The van der Waals surface area contributed by atoms with Gasteiger partial charge in [-0.25, -0.2) is 4.79 Å². The number of amides is 1. The minimum absolute atomic E-state index is 0.315. The van der Waals surface area contributed by atoms with Gasteiger partial charge in [0.15, 0.2) is 0 Å². The summed E-state index contributed by atoms with van der Waals surface area (Å²) in [6.07, 6.45) is 5.32. The summed E-state index contributed by atoms with van der Waals surface area (Å²) in [7, 11) is 0. The van der Waals surface area contributed by atoms with Crippen LogP contribution in [0.2, 0.25) is 0 Å². The van der Waals surface area contributed by atoms with Crippen LogP contribution in [0.25, 0.3) is 0 Å². The molecule has 1 aliphatic carbocycles. The van der Waals surface area contributed by atoms with E-state index >= 15 is 0 Å². The number of carboxylic acid groups (broad SMARTS) is 1. The number of carbonyl (C=O) groups excluding carboxylic acids is 1. The Balaban J connectivity index is 2.72. The lowest BCUT2D eigenvalue weighted by Gasteiger charge is -2.30. The molecule has 0 aromatic carbocycles. The van der Waals surface area contributed by atoms with E-state index in [0.717, 1.165) is 25.7 Å². The molecule has 1 atom stereocenters. The third-order valence-corrected chi connectivity index (χ3v) is 3.79. The lowest BCUT2D eigenvalue weighted by Crippen LogP contribution is -2.58. The number of carboxylic acids is 1. The molecule has 0 aromatic heterocycles. The molecule has 1 saturated carbocycles. The molecule has 0 heterocycles. The van der Waals surface area contributed by atoms with E-state index in [1.807, 2.05) is 13.8 Å². The second kappa shape index (κ2) is 6.89. The van der Waals surface area contributed by atoms with Crippen molar-refractivity contribution in [1.29, 1.82) is 0 Å². The van der Waals surface area contributed by atoms with Gasteiger partial charge in [-0.3, -0.25) is 4.79 Å². The molecule has 110 valence electrons. The summed E-state index contributed by atoms with van der Waals surface area (Å²) < 4.78 is 0.